The summed E-state index contributed by atoms with van der Waals surface area (Å²) in [5.41, 5.74) is 2.04. The van der Waals surface area contributed by atoms with Crippen LogP contribution in [0.4, 0.5) is 0 Å². The van der Waals surface area contributed by atoms with Crippen LogP contribution in [-0.2, 0) is 9.53 Å². The molecule has 0 aromatic heterocycles. The topological polar surface area (TPSA) is 63.2 Å². The van der Waals surface area contributed by atoms with E-state index in [1.54, 1.807) is 14.2 Å². The zero-order valence-corrected chi connectivity index (χ0v) is 27.4. The second-order valence-electron chi connectivity index (χ2n) is 13.4. The number of ether oxygens (including phenoxy) is 5. The average Bonchev–Trinajstić information content (AvgIpc) is 3.40. The molecule has 0 atom stereocenters. The number of rotatable bonds is 9. The maximum Gasteiger partial charge on any atom is 0.344 e. The third-order valence-electron chi connectivity index (χ3n) is 10.8. The molecule has 1 aliphatic heterocycles. The van der Waals surface area contributed by atoms with E-state index >= 15 is 0 Å². The van der Waals surface area contributed by atoms with Crippen LogP contribution in [0.5, 0.6) is 28.7 Å². The maximum absolute atomic E-state index is 12.9. The van der Waals surface area contributed by atoms with Gasteiger partial charge in [0.2, 0.25) is 0 Å². The SMILES string of the molecule is COc1ccc2c(c1)-c1cc(OC)ccc1[SH]2c1ccc(Oc2ccc(OCC(=O)OC3(C)C4CC5CC(C4)CC3C5)cc2)cc1. The smallest absolute Gasteiger partial charge is 0.344 e. The minimum atomic E-state index is -0.726. The molecule has 4 bridgehead atoms. The number of carbonyl (C=O) groups is 1. The lowest BCUT2D eigenvalue weighted by molar-refractivity contribution is -0.204. The molecule has 4 fully saturated rings. The highest BCUT2D eigenvalue weighted by atomic mass is 32.2. The lowest BCUT2D eigenvalue weighted by Crippen LogP contribution is -2.58. The van der Waals surface area contributed by atoms with Crippen molar-refractivity contribution in [1.29, 1.82) is 0 Å². The van der Waals surface area contributed by atoms with Crippen LogP contribution in [0.25, 0.3) is 11.1 Å². The van der Waals surface area contributed by atoms with E-state index in [9.17, 15) is 4.79 Å². The molecule has 238 valence electrons. The van der Waals surface area contributed by atoms with Crippen LogP contribution in [0.15, 0.2) is 99.6 Å². The lowest BCUT2D eigenvalue weighted by atomic mass is 9.50. The molecule has 4 aromatic rings. The Morgan fingerprint density at radius 2 is 1.15 bits per heavy atom. The van der Waals surface area contributed by atoms with Crippen LogP contribution in [0.2, 0.25) is 0 Å². The van der Waals surface area contributed by atoms with Crippen LogP contribution < -0.4 is 18.9 Å². The van der Waals surface area contributed by atoms with Crippen molar-refractivity contribution in [3.63, 3.8) is 0 Å². The number of esters is 1. The Balaban J connectivity index is 0.907. The number of benzene rings is 4. The molecule has 0 unspecified atom stereocenters. The van der Waals surface area contributed by atoms with Gasteiger partial charge in [-0.25, -0.2) is 4.79 Å². The van der Waals surface area contributed by atoms with Crippen molar-refractivity contribution in [2.24, 2.45) is 23.7 Å². The van der Waals surface area contributed by atoms with Gasteiger partial charge in [0.15, 0.2) is 6.61 Å². The van der Waals surface area contributed by atoms with Crippen LogP contribution in [-0.4, -0.2) is 32.4 Å². The molecular weight excluding hydrogens is 596 g/mol. The zero-order valence-electron chi connectivity index (χ0n) is 26.5. The molecule has 4 aromatic carbocycles. The van der Waals surface area contributed by atoms with Crippen molar-refractivity contribution in [2.45, 2.75) is 59.3 Å². The van der Waals surface area contributed by atoms with Crippen LogP contribution >= 0.6 is 10.9 Å². The molecule has 46 heavy (non-hydrogen) atoms. The van der Waals surface area contributed by atoms with Gasteiger partial charge in [-0.05, 0) is 164 Å². The Morgan fingerprint density at radius 3 is 1.67 bits per heavy atom. The minimum Gasteiger partial charge on any atom is -0.497 e. The van der Waals surface area contributed by atoms with E-state index in [1.165, 1.54) is 57.9 Å². The molecule has 0 amide bonds. The average molecular weight is 637 g/mol. The first-order valence-electron chi connectivity index (χ1n) is 16.3. The van der Waals surface area contributed by atoms with Gasteiger partial charge in [-0.2, -0.15) is 10.9 Å². The van der Waals surface area contributed by atoms with Crippen molar-refractivity contribution in [2.75, 3.05) is 20.8 Å². The first-order valence-corrected chi connectivity index (χ1v) is 17.6. The van der Waals surface area contributed by atoms with E-state index in [0.29, 0.717) is 23.3 Å². The van der Waals surface area contributed by atoms with Crippen molar-refractivity contribution in [3.8, 4) is 39.9 Å². The normalized spacial score (nSPS) is 25.8. The predicted molar refractivity (Wildman–Crippen MR) is 179 cm³/mol. The van der Waals surface area contributed by atoms with Gasteiger partial charge >= 0.3 is 5.97 Å². The summed E-state index contributed by atoms with van der Waals surface area (Å²) in [5.74, 6) is 6.15. The second kappa shape index (κ2) is 11.6. The Labute approximate surface area is 273 Å². The van der Waals surface area contributed by atoms with E-state index < -0.39 is 10.9 Å². The molecule has 0 spiro atoms. The van der Waals surface area contributed by atoms with Crippen LogP contribution in [0, 0.1) is 23.7 Å². The standard InChI is InChI=1S/C39H40O6S/c1-39(26-17-24-16-25(19-26)20-27(39)18-24)45-38(40)23-43-28-4-6-29(7-5-28)44-30-8-12-33(13-9-30)46-36-14-10-31(41-2)21-34(36)35-22-32(42-3)11-15-37(35)46/h4-15,21-22,24-27,46H,16-20,23H2,1-3H3. The monoisotopic (exact) mass is 636 g/mol. The molecule has 4 saturated carbocycles. The molecular formula is C39H40O6S. The molecule has 7 heteroatoms. The fraction of sp³-hybridized carbons (Fsp3) is 0.359. The van der Waals surface area contributed by atoms with Gasteiger partial charge in [0.25, 0.3) is 0 Å². The molecule has 0 N–H and O–H groups in total. The number of hydrogen-bond acceptors (Lipinski definition) is 6. The van der Waals surface area contributed by atoms with Crippen LogP contribution in [0.3, 0.4) is 0 Å². The molecule has 9 rings (SSSR count). The first kappa shape index (κ1) is 29.3. The quantitative estimate of drug-likeness (QED) is 0.129. The summed E-state index contributed by atoms with van der Waals surface area (Å²) in [5, 5.41) is 0. The van der Waals surface area contributed by atoms with E-state index in [0.717, 1.165) is 29.1 Å². The summed E-state index contributed by atoms with van der Waals surface area (Å²) in [6.07, 6.45) is 6.20. The highest BCUT2D eigenvalue weighted by molar-refractivity contribution is 8.17. The lowest BCUT2D eigenvalue weighted by Gasteiger charge is -2.59. The van der Waals surface area contributed by atoms with Gasteiger partial charge in [-0.3, -0.25) is 0 Å². The largest absolute Gasteiger partial charge is 0.497 e. The third kappa shape index (κ3) is 5.19. The number of hydrogen-bond donors (Lipinski definition) is 1. The Bertz CT molecular complexity index is 1680. The number of methoxy groups -OCH3 is 2. The Morgan fingerprint density at radius 1 is 0.674 bits per heavy atom. The van der Waals surface area contributed by atoms with E-state index in [4.69, 9.17) is 23.7 Å². The summed E-state index contributed by atoms with van der Waals surface area (Å²) < 4.78 is 29.2. The second-order valence-corrected chi connectivity index (χ2v) is 15.6. The molecule has 0 radical (unpaired) electrons. The highest BCUT2D eigenvalue weighted by Crippen LogP contribution is 2.63. The fourth-order valence-electron chi connectivity index (χ4n) is 8.62. The van der Waals surface area contributed by atoms with Crippen LogP contribution in [0.1, 0.15) is 39.0 Å². The summed E-state index contributed by atoms with van der Waals surface area (Å²) in [7, 11) is 2.67. The van der Waals surface area contributed by atoms with Crippen molar-refractivity contribution >= 4 is 16.9 Å². The van der Waals surface area contributed by atoms with Gasteiger partial charge in [-0.15, -0.1) is 0 Å². The Kier molecular flexibility index (Phi) is 7.40. The molecule has 1 heterocycles. The van der Waals surface area contributed by atoms with Gasteiger partial charge < -0.3 is 23.7 Å². The van der Waals surface area contributed by atoms with Crippen molar-refractivity contribution in [3.05, 3.63) is 84.9 Å². The van der Waals surface area contributed by atoms with Gasteiger partial charge in [0, 0.05) is 9.79 Å². The van der Waals surface area contributed by atoms with Crippen molar-refractivity contribution in [1.82, 2.24) is 0 Å². The minimum absolute atomic E-state index is 0.0850. The Hall–Kier alpha value is -4.10. The van der Waals surface area contributed by atoms with Gasteiger partial charge in [0.05, 0.1) is 14.2 Å². The van der Waals surface area contributed by atoms with Gasteiger partial charge in [0.1, 0.15) is 34.3 Å². The first-order chi connectivity index (χ1) is 22.4. The summed E-state index contributed by atoms with van der Waals surface area (Å²) in [6, 6.07) is 28.4. The summed E-state index contributed by atoms with van der Waals surface area (Å²) in [6.45, 7) is 2.08. The number of fused-ring (bicyclic) bond motifs is 3. The van der Waals surface area contributed by atoms with Gasteiger partial charge in [-0.1, -0.05) is 0 Å². The maximum atomic E-state index is 12.9. The number of thiol groups is 1. The predicted octanol–water partition coefficient (Wildman–Crippen LogP) is 9.09. The molecule has 6 nitrogen and oxygen atoms in total. The fourth-order valence-corrected chi connectivity index (χ4v) is 11.2. The van der Waals surface area contributed by atoms with E-state index in [1.807, 2.05) is 48.5 Å². The molecule has 4 aliphatic carbocycles. The summed E-state index contributed by atoms with van der Waals surface area (Å²) >= 11 is 0. The van der Waals surface area contributed by atoms with Crippen molar-refractivity contribution < 1.29 is 28.5 Å². The number of carbonyl (C=O) groups excluding carboxylic acids is 1. The molecule has 0 saturated heterocycles. The molecule has 5 aliphatic rings. The van der Waals surface area contributed by atoms with E-state index in [-0.39, 0.29) is 18.2 Å². The van der Waals surface area contributed by atoms with E-state index in [2.05, 4.69) is 43.3 Å². The summed E-state index contributed by atoms with van der Waals surface area (Å²) in [4.78, 5) is 16.7. The third-order valence-corrected chi connectivity index (χ3v) is 13.3. The zero-order chi connectivity index (χ0) is 31.4. The highest BCUT2D eigenvalue weighted by Gasteiger charge is 2.57.